The summed E-state index contributed by atoms with van der Waals surface area (Å²) in [6.07, 6.45) is 0.968. The molecule has 0 bridgehead atoms. The number of rotatable bonds is 6. The molecule has 0 atom stereocenters. The number of hydrogen-bond acceptors (Lipinski definition) is 3. The molecule has 0 heterocycles. The van der Waals surface area contributed by atoms with E-state index in [1.165, 1.54) is 0 Å². The molecule has 0 fully saturated rings. The van der Waals surface area contributed by atoms with Crippen LogP contribution >= 0.6 is 0 Å². The lowest BCUT2D eigenvalue weighted by Gasteiger charge is -2.30. The molecule has 0 aromatic carbocycles. The van der Waals surface area contributed by atoms with Crippen LogP contribution in [0.5, 0.6) is 0 Å². The maximum absolute atomic E-state index is 11.4. The third kappa shape index (κ3) is 2.95. The Morgan fingerprint density at radius 2 is 1.79 bits per heavy atom. The van der Waals surface area contributed by atoms with Gasteiger partial charge in [0.15, 0.2) is 0 Å². The SMILES string of the molecule is CCC(CC)(NS(=O)(=O)CC)C(=N)N. The summed E-state index contributed by atoms with van der Waals surface area (Å²) in [5.74, 6) is -0.123. The molecule has 0 rings (SSSR count). The molecule has 0 radical (unpaired) electrons. The van der Waals surface area contributed by atoms with Crippen LogP contribution in [-0.2, 0) is 10.0 Å². The Morgan fingerprint density at radius 3 is 2.00 bits per heavy atom. The maximum atomic E-state index is 11.4. The van der Waals surface area contributed by atoms with Crippen molar-refractivity contribution in [3.8, 4) is 0 Å². The standard InChI is InChI=1S/C8H19N3O2S/c1-4-8(5-2,7(9)10)11-14(12,13)6-3/h11H,4-6H2,1-3H3,(H3,9,10). The van der Waals surface area contributed by atoms with Crippen LogP contribution in [0, 0.1) is 5.41 Å². The van der Waals surface area contributed by atoms with Gasteiger partial charge in [0.05, 0.1) is 11.3 Å². The first-order chi connectivity index (χ1) is 6.33. The maximum Gasteiger partial charge on any atom is 0.212 e. The van der Waals surface area contributed by atoms with Crippen molar-refractivity contribution in [2.24, 2.45) is 5.73 Å². The monoisotopic (exact) mass is 221 g/mol. The molecule has 0 spiro atoms. The van der Waals surface area contributed by atoms with Gasteiger partial charge < -0.3 is 5.73 Å². The van der Waals surface area contributed by atoms with Crippen LogP contribution in [-0.4, -0.2) is 25.5 Å². The molecule has 5 nitrogen and oxygen atoms in total. The Labute approximate surface area is 85.6 Å². The van der Waals surface area contributed by atoms with Crippen LogP contribution in [0.3, 0.4) is 0 Å². The van der Waals surface area contributed by atoms with Gasteiger partial charge in [-0.1, -0.05) is 13.8 Å². The van der Waals surface area contributed by atoms with Crippen molar-refractivity contribution in [3.05, 3.63) is 0 Å². The fraction of sp³-hybridized carbons (Fsp3) is 0.875. The molecule has 0 amide bonds. The van der Waals surface area contributed by atoms with Gasteiger partial charge in [-0.3, -0.25) is 5.41 Å². The third-order valence-electron chi connectivity index (χ3n) is 2.45. The molecule has 4 N–H and O–H groups in total. The highest BCUT2D eigenvalue weighted by Gasteiger charge is 2.33. The summed E-state index contributed by atoms with van der Waals surface area (Å²) in [4.78, 5) is 0. The normalized spacial score (nSPS) is 12.8. The Balaban J connectivity index is 4.96. The fourth-order valence-electron chi connectivity index (χ4n) is 1.20. The lowest BCUT2D eigenvalue weighted by molar-refractivity contribution is 0.459. The van der Waals surface area contributed by atoms with E-state index in [9.17, 15) is 8.42 Å². The highest BCUT2D eigenvalue weighted by Crippen LogP contribution is 2.16. The van der Waals surface area contributed by atoms with E-state index in [-0.39, 0.29) is 11.6 Å². The van der Waals surface area contributed by atoms with E-state index in [0.29, 0.717) is 12.8 Å². The predicted octanol–water partition coefficient (Wildman–Crippen LogP) is 0.420. The Morgan fingerprint density at radius 1 is 1.36 bits per heavy atom. The predicted molar refractivity (Wildman–Crippen MR) is 57.8 cm³/mol. The topological polar surface area (TPSA) is 96.0 Å². The summed E-state index contributed by atoms with van der Waals surface area (Å²) in [5.41, 5.74) is 4.50. The molecule has 0 aromatic rings. The Hall–Kier alpha value is -0.620. The molecule has 0 aliphatic carbocycles. The summed E-state index contributed by atoms with van der Waals surface area (Å²) in [6.45, 7) is 5.17. The fourth-order valence-corrected chi connectivity index (χ4v) is 2.34. The van der Waals surface area contributed by atoms with Crippen LogP contribution in [0.25, 0.3) is 0 Å². The third-order valence-corrected chi connectivity index (χ3v) is 3.92. The first kappa shape index (κ1) is 13.4. The van der Waals surface area contributed by atoms with Gasteiger partial charge in [-0.25, -0.2) is 13.1 Å². The van der Waals surface area contributed by atoms with Gasteiger partial charge in [0.25, 0.3) is 0 Å². The minimum absolute atomic E-state index is 0.00201. The summed E-state index contributed by atoms with van der Waals surface area (Å²) >= 11 is 0. The van der Waals surface area contributed by atoms with Crippen molar-refractivity contribution in [2.45, 2.75) is 39.2 Å². The molecule has 0 saturated carbocycles. The van der Waals surface area contributed by atoms with E-state index in [0.717, 1.165) is 0 Å². The number of amidine groups is 1. The van der Waals surface area contributed by atoms with E-state index < -0.39 is 15.6 Å². The molecular formula is C8H19N3O2S. The average molecular weight is 221 g/mol. The van der Waals surface area contributed by atoms with E-state index in [1.807, 2.05) is 13.8 Å². The first-order valence-corrected chi connectivity index (χ1v) is 6.35. The highest BCUT2D eigenvalue weighted by molar-refractivity contribution is 7.89. The lowest BCUT2D eigenvalue weighted by Crippen LogP contribution is -2.56. The molecule has 0 aromatic heterocycles. The number of sulfonamides is 1. The van der Waals surface area contributed by atoms with Gasteiger partial charge >= 0.3 is 0 Å². The Kier molecular flexibility index (Phi) is 4.54. The molecule has 0 saturated heterocycles. The van der Waals surface area contributed by atoms with E-state index in [1.54, 1.807) is 6.92 Å². The van der Waals surface area contributed by atoms with E-state index in [2.05, 4.69) is 4.72 Å². The molecular weight excluding hydrogens is 202 g/mol. The van der Waals surface area contributed by atoms with Gasteiger partial charge in [-0.05, 0) is 19.8 Å². The highest BCUT2D eigenvalue weighted by atomic mass is 32.2. The minimum atomic E-state index is -3.32. The quantitative estimate of drug-likeness (QED) is 0.448. The van der Waals surface area contributed by atoms with Crippen molar-refractivity contribution in [2.75, 3.05) is 5.75 Å². The van der Waals surface area contributed by atoms with Gasteiger partial charge in [0.2, 0.25) is 10.0 Å². The molecule has 0 aliphatic heterocycles. The smallest absolute Gasteiger partial charge is 0.212 e. The van der Waals surface area contributed by atoms with Crippen molar-refractivity contribution in [3.63, 3.8) is 0 Å². The lowest BCUT2D eigenvalue weighted by atomic mass is 9.93. The zero-order chi connectivity index (χ0) is 11.4. The summed E-state index contributed by atoms with van der Waals surface area (Å²) in [7, 11) is -3.32. The number of nitrogens with one attached hydrogen (secondary N) is 2. The molecule has 84 valence electrons. The van der Waals surface area contributed by atoms with Gasteiger partial charge in [-0.15, -0.1) is 0 Å². The van der Waals surface area contributed by atoms with Gasteiger partial charge in [0, 0.05) is 0 Å². The number of hydrogen-bond donors (Lipinski definition) is 3. The second kappa shape index (κ2) is 4.75. The summed E-state index contributed by atoms with van der Waals surface area (Å²) in [6, 6.07) is 0. The second-order valence-corrected chi connectivity index (χ2v) is 5.22. The largest absolute Gasteiger partial charge is 0.386 e. The Bertz CT molecular complexity index is 294. The van der Waals surface area contributed by atoms with Gasteiger partial charge in [0.1, 0.15) is 5.84 Å². The first-order valence-electron chi connectivity index (χ1n) is 4.69. The van der Waals surface area contributed by atoms with Crippen molar-refractivity contribution in [1.29, 1.82) is 5.41 Å². The van der Waals surface area contributed by atoms with Gasteiger partial charge in [-0.2, -0.15) is 0 Å². The van der Waals surface area contributed by atoms with Crippen molar-refractivity contribution < 1.29 is 8.42 Å². The molecule has 0 aliphatic rings. The van der Waals surface area contributed by atoms with Crippen molar-refractivity contribution >= 4 is 15.9 Å². The van der Waals surface area contributed by atoms with Crippen LogP contribution < -0.4 is 10.5 Å². The summed E-state index contributed by atoms with van der Waals surface area (Å²) < 4.78 is 25.2. The van der Waals surface area contributed by atoms with E-state index in [4.69, 9.17) is 11.1 Å². The van der Waals surface area contributed by atoms with Crippen molar-refractivity contribution in [1.82, 2.24) is 4.72 Å². The second-order valence-electron chi connectivity index (χ2n) is 3.21. The molecule has 14 heavy (non-hydrogen) atoms. The zero-order valence-corrected chi connectivity index (χ0v) is 9.74. The molecule has 6 heteroatoms. The van der Waals surface area contributed by atoms with E-state index >= 15 is 0 Å². The molecule has 0 unspecified atom stereocenters. The zero-order valence-electron chi connectivity index (χ0n) is 8.92. The average Bonchev–Trinajstić information content (AvgIpc) is 2.14. The van der Waals surface area contributed by atoms with Crippen LogP contribution in [0.1, 0.15) is 33.6 Å². The van der Waals surface area contributed by atoms with Crippen LogP contribution in [0.15, 0.2) is 0 Å². The number of nitrogens with two attached hydrogens (primary N) is 1. The minimum Gasteiger partial charge on any atom is -0.386 e. The van der Waals surface area contributed by atoms with Crippen LogP contribution in [0.4, 0.5) is 0 Å². The van der Waals surface area contributed by atoms with Crippen LogP contribution in [0.2, 0.25) is 0 Å². The summed E-state index contributed by atoms with van der Waals surface area (Å²) in [5, 5.41) is 7.41.